The summed E-state index contributed by atoms with van der Waals surface area (Å²) in [5.74, 6) is -0.991. The second-order valence-corrected chi connectivity index (χ2v) is 16.6. The quantitative estimate of drug-likeness (QED) is 0.0769. The van der Waals surface area contributed by atoms with Crippen LogP contribution >= 0.6 is 98.5 Å². The lowest BCUT2D eigenvalue weighted by molar-refractivity contribution is 0.0817. The number of Topliss-reactive ketones (excluding diaryl/α,β-unsaturated/α-hetero) is 2. The van der Waals surface area contributed by atoms with E-state index in [1.54, 1.807) is 60.7 Å². The zero-order chi connectivity index (χ0) is 39.2. The SMILES string of the molecule is Brc1ccc(-c2nc3ccccc3nc2-c2ccc(Br)cc2)cc1.ClC(Cl)Cl.Nc1ccccc1N.O=C(C(=O)c1ccc(Br)cc1)c1ccc(Br)cc1. The highest BCUT2D eigenvalue weighted by atomic mass is 79.9. The van der Waals surface area contributed by atoms with E-state index in [-0.39, 0.29) is 0 Å². The molecule has 4 N–H and O–H groups in total. The monoisotopic (exact) mass is 1030 g/mol. The molecule has 0 saturated heterocycles. The Balaban J connectivity index is 0.000000189. The molecule has 7 aromatic rings. The van der Waals surface area contributed by atoms with Crippen LogP contribution in [0.15, 0.2) is 163 Å². The summed E-state index contributed by atoms with van der Waals surface area (Å²) in [5.41, 5.74) is 18.6. The van der Waals surface area contributed by atoms with Crippen molar-refractivity contribution in [1.29, 1.82) is 0 Å². The predicted molar refractivity (Wildman–Crippen MR) is 239 cm³/mol. The number of hydrogen-bond donors (Lipinski definition) is 2. The van der Waals surface area contributed by atoms with Crippen LogP contribution in [-0.4, -0.2) is 25.8 Å². The van der Waals surface area contributed by atoms with Crippen LogP contribution in [0.5, 0.6) is 0 Å². The molecule has 0 atom stereocenters. The summed E-state index contributed by atoms with van der Waals surface area (Å²) in [4.78, 5) is 33.7. The molecule has 0 radical (unpaired) electrons. The fourth-order valence-corrected chi connectivity index (χ4v) is 5.65. The average Bonchev–Trinajstić information content (AvgIpc) is 3.16. The molecule has 0 bridgehead atoms. The van der Waals surface area contributed by atoms with Crippen molar-refractivity contribution < 1.29 is 9.59 Å². The van der Waals surface area contributed by atoms with Gasteiger partial charge in [0.1, 0.15) is 0 Å². The Labute approximate surface area is 361 Å². The summed E-state index contributed by atoms with van der Waals surface area (Å²) < 4.78 is 3.08. The molecular formula is C41H29Br4Cl3N4O2. The fourth-order valence-electron chi connectivity index (χ4n) is 4.59. The van der Waals surface area contributed by atoms with E-state index in [1.807, 2.05) is 60.7 Å². The third kappa shape index (κ3) is 13.3. The molecule has 0 unspecified atom stereocenters. The first-order valence-electron chi connectivity index (χ1n) is 15.7. The van der Waals surface area contributed by atoms with E-state index < -0.39 is 15.9 Å². The molecule has 6 aromatic carbocycles. The fraction of sp³-hybridized carbons (Fsp3) is 0.0244. The Kier molecular flexibility index (Phi) is 17.1. The van der Waals surface area contributed by atoms with Crippen LogP contribution in [0, 0.1) is 0 Å². The normalized spacial score (nSPS) is 10.2. The van der Waals surface area contributed by atoms with E-state index in [1.165, 1.54) is 0 Å². The van der Waals surface area contributed by atoms with Crippen LogP contribution in [-0.2, 0) is 0 Å². The number of aromatic nitrogens is 2. The van der Waals surface area contributed by atoms with E-state index in [0.29, 0.717) is 22.5 Å². The van der Waals surface area contributed by atoms with Crippen LogP contribution in [0.2, 0.25) is 0 Å². The number of benzene rings is 6. The van der Waals surface area contributed by atoms with Crippen molar-refractivity contribution in [3.05, 3.63) is 175 Å². The van der Waals surface area contributed by atoms with E-state index in [9.17, 15) is 9.59 Å². The number of para-hydroxylation sites is 4. The summed E-state index contributed by atoms with van der Waals surface area (Å²) >= 11 is 28.0. The second-order valence-electron chi connectivity index (χ2n) is 11.0. The lowest BCUT2D eigenvalue weighted by Gasteiger charge is -2.11. The summed E-state index contributed by atoms with van der Waals surface area (Å²) in [6, 6.07) is 45.0. The minimum absolute atomic E-state index is 0.395. The number of ketones is 2. The molecular weight excluding hydrogens is 1010 g/mol. The van der Waals surface area contributed by atoms with Gasteiger partial charge in [-0.3, -0.25) is 9.59 Å². The lowest BCUT2D eigenvalue weighted by Crippen LogP contribution is -2.14. The van der Waals surface area contributed by atoms with Gasteiger partial charge in [0.05, 0.1) is 33.8 Å². The van der Waals surface area contributed by atoms with Crippen molar-refractivity contribution in [3.8, 4) is 22.5 Å². The Morgan fingerprint density at radius 1 is 0.444 bits per heavy atom. The number of carbonyl (C=O) groups is 2. The number of nitrogens with zero attached hydrogens (tertiary/aromatic N) is 2. The highest BCUT2D eigenvalue weighted by Crippen LogP contribution is 2.32. The third-order valence-electron chi connectivity index (χ3n) is 7.22. The Bertz CT molecular complexity index is 2150. The first-order valence-corrected chi connectivity index (χ1v) is 20.2. The molecule has 6 nitrogen and oxygen atoms in total. The molecule has 1 aromatic heterocycles. The van der Waals surface area contributed by atoms with Gasteiger partial charge >= 0.3 is 0 Å². The molecule has 1 heterocycles. The largest absolute Gasteiger partial charge is 0.397 e. The van der Waals surface area contributed by atoms with Gasteiger partial charge in [-0.25, -0.2) is 9.97 Å². The molecule has 0 spiro atoms. The van der Waals surface area contributed by atoms with Gasteiger partial charge in [0.25, 0.3) is 0 Å². The van der Waals surface area contributed by atoms with E-state index in [0.717, 1.165) is 51.4 Å². The number of fused-ring (bicyclic) bond motifs is 1. The van der Waals surface area contributed by atoms with Gasteiger partial charge in [0.2, 0.25) is 11.6 Å². The number of carbonyl (C=O) groups excluding carboxylic acids is 2. The van der Waals surface area contributed by atoms with Crippen LogP contribution < -0.4 is 11.5 Å². The molecule has 0 aliphatic carbocycles. The van der Waals surface area contributed by atoms with Gasteiger partial charge in [-0.15, -0.1) is 0 Å². The van der Waals surface area contributed by atoms with Crippen molar-refractivity contribution in [3.63, 3.8) is 0 Å². The van der Waals surface area contributed by atoms with Crippen molar-refractivity contribution in [1.82, 2.24) is 9.97 Å². The smallest absolute Gasteiger partial charge is 0.233 e. The number of anilines is 2. The predicted octanol–water partition coefficient (Wildman–Crippen LogP) is 13.6. The second kappa shape index (κ2) is 21.5. The highest BCUT2D eigenvalue weighted by Gasteiger charge is 2.18. The maximum Gasteiger partial charge on any atom is 0.233 e. The Morgan fingerprint density at radius 2 is 0.704 bits per heavy atom. The zero-order valence-electron chi connectivity index (χ0n) is 27.9. The number of nitrogen functional groups attached to an aromatic ring is 2. The molecule has 0 fully saturated rings. The topological polar surface area (TPSA) is 112 Å². The van der Waals surface area contributed by atoms with Gasteiger partial charge in [0, 0.05) is 40.1 Å². The minimum Gasteiger partial charge on any atom is -0.397 e. The molecule has 7 rings (SSSR count). The number of rotatable bonds is 5. The van der Waals surface area contributed by atoms with Crippen LogP contribution in [0.25, 0.3) is 33.5 Å². The first kappa shape index (κ1) is 43.1. The standard InChI is InChI=1S/C20H12Br2N2.C14H8Br2O2.C6H8N2.CHCl3/c21-15-9-5-13(6-10-15)19-20(14-7-11-16(22)12-8-14)24-18-4-2-1-3-17(18)23-19;15-11-5-1-9(2-6-11)13(17)14(18)10-3-7-12(16)8-4-10;7-5-3-1-2-4-6(5)8;2-1(3)4/h1-12H;1-8H;1-4H,7-8H2;1H. The Hall–Kier alpha value is -3.61. The van der Waals surface area contributed by atoms with Gasteiger partial charge in [-0.1, -0.05) is 147 Å². The number of halogens is 7. The van der Waals surface area contributed by atoms with Crippen LogP contribution in [0.4, 0.5) is 11.4 Å². The summed E-state index contributed by atoms with van der Waals surface area (Å²) in [5, 5.41) is 0. The van der Waals surface area contributed by atoms with Crippen molar-refractivity contribution >= 4 is 132 Å². The third-order valence-corrected chi connectivity index (χ3v) is 9.34. The molecule has 13 heteroatoms. The number of nitrogens with two attached hydrogens (primary N) is 2. The van der Waals surface area contributed by atoms with Gasteiger partial charge in [-0.2, -0.15) is 0 Å². The molecule has 274 valence electrons. The van der Waals surface area contributed by atoms with Crippen LogP contribution in [0.1, 0.15) is 20.7 Å². The number of hydrogen-bond acceptors (Lipinski definition) is 6. The van der Waals surface area contributed by atoms with E-state index in [2.05, 4.69) is 88.0 Å². The molecule has 0 saturated carbocycles. The van der Waals surface area contributed by atoms with E-state index >= 15 is 0 Å². The summed E-state index contributed by atoms with van der Waals surface area (Å²) in [7, 11) is 0. The zero-order valence-corrected chi connectivity index (χ0v) is 36.6. The maximum atomic E-state index is 12.0. The summed E-state index contributed by atoms with van der Waals surface area (Å²) in [6.45, 7) is 0. The molecule has 54 heavy (non-hydrogen) atoms. The molecule has 0 aliphatic heterocycles. The highest BCUT2D eigenvalue weighted by molar-refractivity contribution is 9.11. The van der Waals surface area contributed by atoms with Gasteiger partial charge in [-0.05, 0) is 97.1 Å². The first-order chi connectivity index (χ1) is 25.8. The van der Waals surface area contributed by atoms with Crippen molar-refractivity contribution in [2.24, 2.45) is 0 Å². The lowest BCUT2D eigenvalue weighted by atomic mass is 10.0. The number of alkyl halides is 3. The molecule has 0 aliphatic rings. The minimum atomic E-state index is -0.750. The van der Waals surface area contributed by atoms with Gasteiger partial charge < -0.3 is 11.5 Å². The van der Waals surface area contributed by atoms with Crippen molar-refractivity contribution in [2.75, 3.05) is 11.5 Å². The van der Waals surface area contributed by atoms with E-state index in [4.69, 9.17) is 56.2 Å². The maximum absolute atomic E-state index is 12.0. The summed E-state index contributed by atoms with van der Waals surface area (Å²) in [6.07, 6.45) is 0. The van der Waals surface area contributed by atoms with Crippen molar-refractivity contribution in [2.45, 2.75) is 4.30 Å². The Morgan fingerprint density at radius 3 is 0.981 bits per heavy atom. The molecule has 0 amide bonds. The van der Waals surface area contributed by atoms with Gasteiger partial charge in [0.15, 0.2) is 4.30 Å². The van der Waals surface area contributed by atoms with Crippen LogP contribution in [0.3, 0.4) is 0 Å². The average molecular weight is 1040 g/mol.